The zero-order valence-corrected chi connectivity index (χ0v) is 18.4. The number of halogens is 3. The van der Waals surface area contributed by atoms with E-state index in [2.05, 4.69) is 10.0 Å². The molecule has 1 amide bonds. The summed E-state index contributed by atoms with van der Waals surface area (Å²) in [6.45, 7) is 1.86. The number of benzene rings is 3. The Balaban J connectivity index is 1.58. The molecule has 0 spiro atoms. The summed E-state index contributed by atoms with van der Waals surface area (Å²) in [5.41, 5.74) is 0.0739. The molecule has 10 heteroatoms. The number of alkyl halides is 3. The summed E-state index contributed by atoms with van der Waals surface area (Å²) in [5, 5.41) is 2.28. The number of anilines is 2. The Morgan fingerprint density at radius 2 is 1.56 bits per heavy atom. The first-order valence-electron chi connectivity index (χ1n) is 9.33. The van der Waals surface area contributed by atoms with E-state index >= 15 is 0 Å². The Morgan fingerprint density at radius 1 is 0.938 bits per heavy atom. The molecule has 0 fully saturated rings. The second-order valence-corrected chi connectivity index (χ2v) is 9.55. The smallest absolute Gasteiger partial charge is 0.325 e. The van der Waals surface area contributed by atoms with Gasteiger partial charge < -0.3 is 5.32 Å². The maximum absolute atomic E-state index is 13.0. The van der Waals surface area contributed by atoms with Gasteiger partial charge in [0.1, 0.15) is 0 Å². The van der Waals surface area contributed by atoms with Gasteiger partial charge in [-0.2, -0.15) is 13.2 Å². The van der Waals surface area contributed by atoms with Gasteiger partial charge in [-0.3, -0.25) is 9.52 Å². The number of amides is 1. The summed E-state index contributed by atoms with van der Waals surface area (Å²) in [6.07, 6.45) is -4.57. The van der Waals surface area contributed by atoms with Gasteiger partial charge in [-0.05, 0) is 55.5 Å². The van der Waals surface area contributed by atoms with E-state index in [-0.39, 0.29) is 16.3 Å². The fourth-order valence-corrected chi connectivity index (χ4v) is 4.48. The quantitative estimate of drug-likeness (QED) is 0.435. The molecule has 168 valence electrons. The predicted molar refractivity (Wildman–Crippen MR) is 119 cm³/mol. The molecule has 0 aliphatic carbocycles. The Morgan fingerprint density at radius 3 is 2.19 bits per heavy atom. The molecule has 3 aromatic carbocycles. The molecule has 0 aromatic heterocycles. The van der Waals surface area contributed by atoms with Crippen LogP contribution in [0.1, 0.15) is 11.1 Å². The predicted octanol–water partition coefficient (Wildman–Crippen LogP) is 5.55. The molecule has 3 rings (SSSR count). The normalized spacial score (nSPS) is 11.8. The van der Waals surface area contributed by atoms with E-state index < -0.39 is 27.7 Å². The molecule has 0 radical (unpaired) electrons. The van der Waals surface area contributed by atoms with E-state index in [0.717, 1.165) is 23.4 Å². The monoisotopic (exact) mass is 480 g/mol. The highest BCUT2D eigenvalue weighted by molar-refractivity contribution is 8.00. The molecule has 0 saturated heterocycles. The van der Waals surface area contributed by atoms with E-state index in [4.69, 9.17) is 0 Å². The lowest BCUT2D eigenvalue weighted by Gasteiger charge is -2.13. The molecule has 0 saturated carbocycles. The first kappa shape index (κ1) is 23.7. The van der Waals surface area contributed by atoms with Crippen molar-refractivity contribution < 1.29 is 26.4 Å². The number of nitrogens with one attached hydrogen (secondary N) is 2. The first-order valence-corrected chi connectivity index (χ1v) is 11.8. The molecule has 0 unspecified atom stereocenters. The minimum Gasteiger partial charge on any atom is -0.325 e. The SMILES string of the molecule is Cc1ccc(S(=O)(=O)Nc2ccc(SCC(=O)Nc3ccccc3C(F)(F)F)cc2)cc1. The summed E-state index contributed by atoms with van der Waals surface area (Å²) < 4.78 is 66.4. The van der Waals surface area contributed by atoms with Crippen molar-refractivity contribution in [2.75, 3.05) is 15.8 Å². The lowest BCUT2D eigenvalue weighted by atomic mass is 10.1. The maximum Gasteiger partial charge on any atom is 0.418 e. The van der Waals surface area contributed by atoms with Crippen LogP contribution in [0, 0.1) is 6.92 Å². The highest BCUT2D eigenvalue weighted by atomic mass is 32.2. The number of carbonyl (C=O) groups is 1. The standard InChI is InChI=1S/C22H19F3N2O3S2/c1-15-6-12-18(13-7-15)32(29,30)27-16-8-10-17(11-9-16)31-14-21(28)26-20-5-3-2-4-19(20)22(23,24)25/h2-13,27H,14H2,1H3,(H,26,28). The molecule has 2 N–H and O–H groups in total. The molecule has 0 aliphatic heterocycles. The summed E-state index contributed by atoms with van der Waals surface area (Å²) >= 11 is 1.12. The topological polar surface area (TPSA) is 75.3 Å². The maximum atomic E-state index is 13.0. The Hall–Kier alpha value is -2.98. The largest absolute Gasteiger partial charge is 0.418 e. The average molecular weight is 481 g/mol. The van der Waals surface area contributed by atoms with Gasteiger partial charge in [0.15, 0.2) is 0 Å². The van der Waals surface area contributed by atoms with Gasteiger partial charge in [0, 0.05) is 10.6 Å². The second-order valence-electron chi connectivity index (χ2n) is 6.82. The van der Waals surface area contributed by atoms with Crippen molar-refractivity contribution in [1.82, 2.24) is 0 Å². The molecule has 0 heterocycles. The molecule has 5 nitrogen and oxygen atoms in total. The zero-order chi connectivity index (χ0) is 23.4. The molecular formula is C22H19F3N2O3S2. The Kier molecular flexibility index (Phi) is 7.15. The molecule has 0 atom stereocenters. The van der Waals surface area contributed by atoms with Crippen LogP contribution in [0.15, 0.2) is 82.6 Å². The number of hydrogen-bond donors (Lipinski definition) is 2. The van der Waals surface area contributed by atoms with Gasteiger partial charge in [0.05, 0.1) is 21.9 Å². The average Bonchev–Trinajstić information content (AvgIpc) is 2.73. The van der Waals surface area contributed by atoms with E-state index in [9.17, 15) is 26.4 Å². The van der Waals surface area contributed by atoms with Crippen LogP contribution in [0.5, 0.6) is 0 Å². The van der Waals surface area contributed by atoms with Gasteiger partial charge in [-0.15, -0.1) is 11.8 Å². The van der Waals surface area contributed by atoms with Crippen LogP contribution in [-0.4, -0.2) is 20.1 Å². The van der Waals surface area contributed by atoms with Gasteiger partial charge in [-0.1, -0.05) is 29.8 Å². The third-order valence-corrected chi connectivity index (χ3v) is 6.72. The lowest BCUT2D eigenvalue weighted by molar-refractivity contribution is -0.137. The van der Waals surface area contributed by atoms with Crippen LogP contribution in [0.2, 0.25) is 0 Å². The van der Waals surface area contributed by atoms with E-state index in [1.165, 1.54) is 30.3 Å². The lowest BCUT2D eigenvalue weighted by Crippen LogP contribution is -2.18. The number of para-hydroxylation sites is 1. The van der Waals surface area contributed by atoms with Gasteiger partial charge in [-0.25, -0.2) is 8.42 Å². The first-order chi connectivity index (χ1) is 15.0. The second kappa shape index (κ2) is 9.66. The van der Waals surface area contributed by atoms with Crippen molar-refractivity contribution in [1.29, 1.82) is 0 Å². The van der Waals surface area contributed by atoms with Crippen LogP contribution in [0.4, 0.5) is 24.5 Å². The van der Waals surface area contributed by atoms with Gasteiger partial charge in [0.2, 0.25) is 5.91 Å². The minimum absolute atomic E-state index is 0.110. The van der Waals surface area contributed by atoms with Crippen LogP contribution in [0.3, 0.4) is 0 Å². The number of thioether (sulfide) groups is 1. The Labute approximate surface area is 188 Å². The van der Waals surface area contributed by atoms with Gasteiger partial charge >= 0.3 is 6.18 Å². The summed E-state index contributed by atoms with van der Waals surface area (Å²) in [4.78, 5) is 12.9. The third-order valence-electron chi connectivity index (χ3n) is 4.31. The van der Waals surface area contributed by atoms with Crippen molar-refractivity contribution in [3.8, 4) is 0 Å². The molecule has 0 aliphatic rings. The number of hydrogen-bond acceptors (Lipinski definition) is 4. The van der Waals surface area contributed by atoms with Crippen molar-refractivity contribution in [2.24, 2.45) is 0 Å². The highest BCUT2D eigenvalue weighted by Gasteiger charge is 2.33. The fraction of sp³-hybridized carbons (Fsp3) is 0.136. The third kappa shape index (κ3) is 6.27. The van der Waals surface area contributed by atoms with Crippen LogP contribution < -0.4 is 10.0 Å². The van der Waals surface area contributed by atoms with E-state index in [1.54, 1.807) is 36.4 Å². The van der Waals surface area contributed by atoms with Crippen molar-refractivity contribution in [3.63, 3.8) is 0 Å². The van der Waals surface area contributed by atoms with Gasteiger partial charge in [0.25, 0.3) is 10.0 Å². The fourth-order valence-electron chi connectivity index (χ4n) is 2.73. The summed E-state index contributed by atoms with van der Waals surface area (Å²) in [7, 11) is -3.73. The highest BCUT2D eigenvalue weighted by Crippen LogP contribution is 2.34. The van der Waals surface area contributed by atoms with Crippen molar-refractivity contribution in [2.45, 2.75) is 22.9 Å². The minimum atomic E-state index is -4.57. The molecule has 3 aromatic rings. The van der Waals surface area contributed by atoms with E-state index in [0.29, 0.717) is 10.6 Å². The number of carbonyl (C=O) groups excluding carboxylic acids is 1. The van der Waals surface area contributed by atoms with Crippen molar-refractivity contribution in [3.05, 3.63) is 83.9 Å². The number of sulfonamides is 1. The van der Waals surface area contributed by atoms with Crippen LogP contribution in [0.25, 0.3) is 0 Å². The van der Waals surface area contributed by atoms with E-state index in [1.807, 2.05) is 6.92 Å². The number of rotatable bonds is 7. The molecular weight excluding hydrogens is 461 g/mol. The zero-order valence-electron chi connectivity index (χ0n) is 16.8. The summed E-state index contributed by atoms with van der Waals surface area (Å²) in [6, 6.07) is 17.5. The Bertz CT molecular complexity index is 1190. The van der Waals surface area contributed by atoms with Crippen LogP contribution >= 0.6 is 11.8 Å². The number of aryl methyl sites for hydroxylation is 1. The van der Waals surface area contributed by atoms with Crippen LogP contribution in [-0.2, 0) is 21.0 Å². The molecule has 0 bridgehead atoms. The van der Waals surface area contributed by atoms with Crippen molar-refractivity contribution >= 4 is 39.1 Å². The summed E-state index contributed by atoms with van der Waals surface area (Å²) in [5.74, 6) is -0.698. The molecule has 32 heavy (non-hydrogen) atoms.